The number of carbonyl (C=O) groups is 2. The molecule has 0 unspecified atom stereocenters. The van der Waals surface area contributed by atoms with E-state index in [1.807, 2.05) is 0 Å². The van der Waals surface area contributed by atoms with Gasteiger partial charge < -0.3 is 9.47 Å². The van der Waals surface area contributed by atoms with E-state index in [1.165, 1.54) is 19.3 Å². The predicted octanol–water partition coefficient (Wildman–Crippen LogP) is 1.76. The molecule has 1 aliphatic carbocycles. The first-order valence-corrected chi connectivity index (χ1v) is 5.49. The summed E-state index contributed by atoms with van der Waals surface area (Å²) in [5, 5.41) is 0. The molecule has 0 radical (unpaired) electrons. The van der Waals surface area contributed by atoms with Crippen molar-refractivity contribution in [2.45, 2.75) is 5.60 Å². The van der Waals surface area contributed by atoms with Crippen molar-refractivity contribution >= 4 is 11.8 Å². The second-order valence-corrected chi connectivity index (χ2v) is 4.13. The van der Waals surface area contributed by atoms with Crippen LogP contribution in [0.5, 0.6) is 5.75 Å². The molecule has 3 rings (SSSR count). The van der Waals surface area contributed by atoms with E-state index >= 15 is 0 Å². The first-order chi connectivity index (χ1) is 8.66. The third-order valence-electron chi connectivity index (χ3n) is 3.11. The molecule has 90 valence electrons. The molecule has 1 aliphatic heterocycles. The summed E-state index contributed by atoms with van der Waals surface area (Å²) in [5.74, 6) is 0.0366. The lowest BCUT2D eigenvalue weighted by Gasteiger charge is -2.24. The molecule has 4 nitrogen and oxygen atoms in total. The van der Waals surface area contributed by atoms with E-state index in [0.717, 1.165) is 0 Å². The number of ketones is 1. The third kappa shape index (κ3) is 1.32. The van der Waals surface area contributed by atoms with Gasteiger partial charge in [0.05, 0.1) is 18.2 Å². The second kappa shape index (κ2) is 3.57. The first-order valence-electron chi connectivity index (χ1n) is 5.49. The Morgan fingerprint density at radius 3 is 2.56 bits per heavy atom. The van der Waals surface area contributed by atoms with Gasteiger partial charge in [0.2, 0.25) is 0 Å². The van der Waals surface area contributed by atoms with E-state index in [9.17, 15) is 9.59 Å². The Balaban J connectivity index is 2.25. The van der Waals surface area contributed by atoms with Crippen molar-refractivity contribution < 1.29 is 19.1 Å². The van der Waals surface area contributed by atoms with Crippen LogP contribution in [0.25, 0.3) is 0 Å². The highest BCUT2D eigenvalue weighted by molar-refractivity contribution is 6.03. The number of rotatable bonds is 1. The molecular formula is C14H10O4. The highest BCUT2D eigenvalue weighted by Crippen LogP contribution is 2.45. The average molecular weight is 242 g/mol. The van der Waals surface area contributed by atoms with Crippen LogP contribution in [-0.4, -0.2) is 18.9 Å². The van der Waals surface area contributed by atoms with E-state index in [2.05, 4.69) is 0 Å². The minimum absolute atomic E-state index is 0.125. The molecule has 0 saturated heterocycles. The van der Waals surface area contributed by atoms with Crippen LogP contribution in [0, 0.1) is 0 Å². The van der Waals surface area contributed by atoms with Gasteiger partial charge in [-0.1, -0.05) is 6.07 Å². The molecule has 4 heteroatoms. The number of ether oxygens (including phenoxy) is 2. The van der Waals surface area contributed by atoms with Crippen molar-refractivity contribution in [1.82, 2.24) is 0 Å². The van der Waals surface area contributed by atoms with Crippen LogP contribution < -0.4 is 4.74 Å². The Morgan fingerprint density at radius 1 is 1.17 bits per heavy atom. The van der Waals surface area contributed by atoms with Crippen LogP contribution in [0.15, 0.2) is 42.5 Å². The van der Waals surface area contributed by atoms with Crippen LogP contribution in [0.2, 0.25) is 0 Å². The number of allylic oxidation sites excluding steroid dienone is 2. The summed E-state index contributed by atoms with van der Waals surface area (Å²) in [4.78, 5) is 23.1. The number of carbonyl (C=O) groups excluding carboxylic acids is 2. The van der Waals surface area contributed by atoms with E-state index < -0.39 is 11.6 Å². The number of hydrogen-bond donors (Lipinski definition) is 0. The molecule has 0 amide bonds. The van der Waals surface area contributed by atoms with Crippen molar-refractivity contribution in [2.75, 3.05) is 7.11 Å². The third-order valence-corrected chi connectivity index (χ3v) is 3.11. The fourth-order valence-electron chi connectivity index (χ4n) is 2.29. The smallest absolute Gasteiger partial charge is 0.340 e. The maximum Gasteiger partial charge on any atom is 0.340 e. The number of fused-ring (bicyclic) bond motifs is 2. The summed E-state index contributed by atoms with van der Waals surface area (Å²) < 4.78 is 10.7. The lowest BCUT2D eigenvalue weighted by atomic mass is 9.88. The molecule has 0 fully saturated rings. The molecule has 0 atom stereocenters. The summed E-state index contributed by atoms with van der Waals surface area (Å²) >= 11 is 0. The molecule has 18 heavy (non-hydrogen) atoms. The molecule has 0 bridgehead atoms. The predicted molar refractivity (Wildman–Crippen MR) is 63.4 cm³/mol. The maximum absolute atomic E-state index is 11.9. The van der Waals surface area contributed by atoms with Gasteiger partial charge in [-0.3, -0.25) is 4.79 Å². The van der Waals surface area contributed by atoms with Crippen molar-refractivity contribution in [3.8, 4) is 5.75 Å². The van der Waals surface area contributed by atoms with Crippen LogP contribution in [0.3, 0.4) is 0 Å². The molecular weight excluding hydrogens is 232 g/mol. The van der Waals surface area contributed by atoms with Gasteiger partial charge in [0.25, 0.3) is 0 Å². The van der Waals surface area contributed by atoms with Gasteiger partial charge in [-0.05, 0) is 36.4 Å². The zero-order valence-electron chi connectivity index (χ0n) is 9.67. The normalized spacial score (nSPS) is 18.9. The summed E-state index contributed by atoms with van der Waals surface area (Å²) in [6.45, 7) is 0. The van der Waals surface area contributed by atoms with Gasteiger partial charge in [-0.2, -0.15) is 0 Å². The quantitative estimate of drug-likeness (QED) is 0.704. The molecule has 1 aromatic rings. The SMILES string of the molecule is COc1cccc2c1C1(C=CC(=O)C=C1)OC2=O. The molecule has 1 spiro atoms. The van der Waals surface area contributed by atoms with Gasteiger partial charge in [0.15, 0.2) is 11.4 Å². The van der Waals surface area contributed by atoms with E-state index in [4.69, 9.17) is 9.47 Å². The molecule has 0 saturated carbocycles. The Bertz CT molecular complexity index is 594. The molecule has 1 aromatic carbocycles. The largest absolute Gasteiger partial charge is 0.496 e. The number of hydrogen-bond acceptors (Lipinski definition) is 4. The Morgan fingerprint density at radius 2 is 1.89 bits per heavy atom. The van der Waals surface area contributed by atoms with Crippen molar-refractivity contribution in [1.29, 1.82) is 0 Å². The van der Waals surface area contributed by atoms with Gasteiger partial charge in [0.1, 0.15) is 5.75 Å². The standard InChI is InChI=1S/C14H10O4/c1-17-11-4-2-3-10-12(11)14(18-13(10)16)7-5-9(15)6-8-14/h2-8H,1H3. The molecule has 1 heterocycles. The van der Waals surface area contributed by atoms with Crippen LogP contribution >= 0.6 is 0 Å². The number of benzene rings is 1. The van der Waals surface area contributed by atoms with Gasteiger partial charge in [0, 0.05) is 0 Å². The average Bonchev–Trinajstić information content (AvgIpc) is 2.67. The zero-order chi connectivity index (χ0) is 12.8. The molecule has 0 aromatic heterocycles. The van der Waals surface area contributed by atoms with Crippen LogP contribution in [0.4, 0.5) is 0 Å². The van der Waals surface area contributed by atoms with Crippen molar-refractivity contribution in [3.63, 3.8) is 0 Å². The van der Waals surface area contributed by atoms with Gasteiger partial charge >= 0.3 is 5.97 Å². The van der Waals surface area contributed by atoms with Crippen LogP contribution in [0.1, 0.15) is 15.9 Å². The maximum atomic E-state index is 11.9. The van der Waals surface area contributed by atoms with Crippen molar-refractivity contribution in [3.05, 3.63) is 53.6 Å². The van der Waals surface area contributed by atoms with Gasteiger partial charge in [-0.25, -0.2) is 4.79 Å². The zero-order valence-corrected chi connectivity index (χ0v) is 9.67. The fourth-order valence-corrected chi connectivity index (χ4v) is 2.29. The monoisotopic (exact) mass is 242 g/mol. The second-order valence-electron chi connectivity index (χ2n) is 4.13. The lowest BCUT2D eigenvalue weighted by molar-refractivity contribution is -0.110. The molecule has 0 N–H and O–H groups in total. The van der Waals surface area contributed by atoms with E-state index in [-0.39, 0.29) is 5.78 Å². The lowest BCUT2D eigenvalue weighted by Crippen LogP contribution is -2.24. The van der Waals surface area contributed by atoms with E-state index in [1.54, 1.807) is 30.4 Å². The summed E-state index contributed by atoms with van der Waals surface area (Å²) in [5.41, 5.74) is 0.114. The van der Waals surface area contributed by atoms with Crippen molar-refractivity contribution in [2.24, 2.45) is 0 Å². The number of esters is 1. The minimum Gasteiger partial charge on any atom is -0.496 e. The first kappa shape index (κ1) is 10.8. The summed E-state index contributed by atoms with van der Waals surface area (Å²) in [7, 11) is 1.54. The minimum atomic E-state index is -1.01. The Hall–Kier alpha value is -2.36. The Kier molecular flexibility index (Phi) is 2.13. The molecule has 2 aliphatic rings. The van der Waals surface area contributed by atoms with E-state index in [0.29, 0.717) is 16.9 Å². The highest BCUT2D eigenvalue weighted by atomic mass is 16.6. The Labute approximate surface area is 104 Å². The topological polar surface area (TPSA) is 52.6 Å². The summed E-state index contributed by atoms with van der Waals surface area (Å²) in [6, 6.07) is 5.19. The van der Waals surface area contributed by atoms with Gasteiger partial charge in [-0.15, -0.1) is 0 Å². The van der Waals surface area contributed by atoms with Crippen LogP contribution in [-0.2, 0) is 15.1 Å². The number of methoxy groups -OCH3 is 1. The highest BCUT2D eigenvalue weighted by Gasteiger charge is 2.45. The fraction of sp³-hybridized carbons (Fsp3) is 0.143. The summed E-state index contributed by atoms with van der Waals surface area (Å²) in [6.07, 6.45) is 5.97.